The van der Waals surface area contributed by atoms with E-state index < -0.39 is 11.7 Å². The summed E-state index contributed by atoms with van der Waals surface area (Å²) >= 11 is 0.969. The molecule has 2 aromatic heterocycles. The van der Waals surface area contributed by atoms with E-state index in [0.717, 1.165) is 74.8 Å². The van der Waals surface area contributed by atoms with Gasteiger partial charge in [0.1, 0.15) is 11.5 Å². The van der Waals surface area contributed by atoms with Crippen LogP contribution in [0.5, 0.6) is 0 Å². The number of nitrogens with zero attached hydrogens (tertiary/aromatic N) is 3. The Morgan fingerprint density at radius 1 is 1.11 bits per heavy atom. The molecule has 2 aliphatic rings. The fourth-order valence-electron chi connectivity index (χ4n) is 4.78. The molecule has 0 radical (unpaired) electrons. The number of benzene rings is 1. The van der Waals surface area contributed by atoms with Crippen molar-refractivity contribution in [3.63, 3.8) is 0 Å². The lowest BCUT2D eigenvalue weighted by Crippen LogP contribution is -2.35. The van der Waals surface area contributed by atoms with Gasteiger partial charge in [-0.05, 0) is 79.8 Å². The summed E-state index contributed by atoms with van der Waals surface area (Å²) in [7, 11) is 0. The lowest BCUT2D eigenvalue weighted by molar-refractivity contribution is -0.137. The predicted octanol–water partition coefficient (Wildman–Crippen LogP) is 6.57. The van der Waals surface area contributed by atoms with Crippen LogP contribution < -0.4 is 4.90 Å². The Morgan fingerprint density at radius 2 is 1.92 bits per heavy atom. The van der Waals surface area contributed by atoms with Gasteiger partial charge in [-0.25, -0.2) is 9.97 Å². The van der Waals surface area contributed by atoms with Gasteiger partial charge in [-0.15, -0.1) is 0 Å². The fourth-order valence-corrected chi connectivity index (χ4v) is 5.59. The van der Waals surface area contributed by atoms with Crippen LogP contribution >= 0.6 is 11.8 Å². The summed E-state index contributed by atoms with van der Waals surface area (Å²) in [5.41, 5.74) is 0.349. The molecule has 2 aliphatic heterocycles. The molecule has 10 heteroatoms. The second kappa shape index (κ2) is 11.1. The van der Waals surface area contributed by atoms with E-state index in [-0.39, 0.29) is 17.3 Å². The zero-order valence-electron chi connectivity index (χ0n) is 20.5. The van der Waals surface area contributed by atoms with Gasteiger partial charge in [0, 0.05) is 31.3 Å². The van der Waals surface area contributed by atoms with E-state index in [1.165, 1.54) is 6.07 Å². The standard InChI is InChI=1S/C28H26F3N3O3S/c29-28(30,31)20-5-2-4-19(15-20)24-8-7-22(37-24)6-1-3-18-10-13-34(14-11-18)27-32-12-9-21(33-27)16-25-23(35)17-26(36)38-25/h2,4-5,7-9,12,15-16,18H,1,3,6,10-11,13-14,17H2/b25-16-. The number of furan rings is 1. The molecule has 0 bridgehead atoms. The normalized spacial score (nSPS) is 18.1. The van der Waals surface area contributed by atoms with E-state index in [1.807, 2.05) is 6.07 Å². The highest BCUT2D eigenvalue weighted by Crippen LogP contribution is 2.33. The van der Waals surface area contributed by atoms with Gasteiger partial charge < -0.3 is 9.32 Å². The second-order valence-corrected chi connectivity index (χ2v) is 10.6. The van der Waals surface area contributed by atoms with Crippen LogP contribution in [0.15, 0.2) is 58.0 Å². The van der Waals surface area contributed by atoms with Crippen molar-refractivity contribution in [2.24, 2.45) is 5.92 Å². The van der Waals surface area contributed by atoms with Crippen LogP contribution in [0.4, 0.5) is 19.1 Å². The minimum Gasteiger partial charge on any atom is -0.461 e. The Labute approximate surface area is 222 Å². The summed E-state index contributed by atoms with van der Waals surface area (Å²) in [6, 6.07) is 10.5. The van der Waals surface area contributed by atoms with Crippen molar-refractivity contribution < 1.29 is 27.2 Å². The molecule has 38 heavy (non-hydrogen) atoms. The van der Waals surface area contributed by atoms with Gasteiger partial charge in [0.25, 0.3) is 0 Å². The summed E-state index contributed by atoms with van der Waals surface area (Å²) in [4.78, 5) is 34.9. The van der Waals surface area contributed by atoms with Crippen LogP contribution in [0.1, 0.15) is 49.1 Å². The van der Waals surface area contributed by atoms with Gasteiger partial charge >= 0.3 is 6.18 Å². The number of piperidine rings is 1. The Kier molecular flexibility index (Phi) is 7.69. The number of ketones is 1. The Morgan fingerprint density at radius 3 is 2.66 bits per heavy atom. The van der Waals surface area contributed by atoms with E-state index in [0.29, 0.717) is 33.8 Å². The molecule has 0 atom stereocenters. The molecule has 198 valence electrons. The molecule has 3 aromatic rings. The number of aromatic nitrogens is 2. The summed E-state index contributed by atoms with van der Waals surface area (Å²) in [5.74, 6) is 2.24. The smallest absolute Gasteiger partial charge is 0.416 e. The van der Waals surface area contributed by atoms with Crippen molar-refractivity contribution in [1.29, 1.82) is 0 Å². The summed E-state index contributed by atoms with van der Waals surface area (Å²) in [6.45, 7) is 1.66. The van der Waals surface area contributed by atoms with Crippen LogP contribution in [0.2, 0.25) is 0 Å². The summed E-state index contributed by atoms with van der Waals surface area (Å²) in [6.07, 6.45) is 3.60. The molecular formula is C28H26F3N3O3S. The van der Waals surface area contributed by atoms with Crippen molar-refractivity contribution in [1.82, 2.24) is 9.97 Å². The van der Waals surface area contributed by atoms with Crippen molar-refractivity contribution in [2.75, 3.05) is 18.0 Å². The average molecular weight is 542 g/mol. The highest BCUT2D eigenvalue weighted by molar-refractivity contribution is 8.18. The van der Waals surface area contributed by atoms with E-state index in [9.17, 15) is 22.8 Å². The van der Waals surface area contributed by atoms with Gasteiger partial charge in [-0.1, -0.05) is 12.1 Å². The number of allylic oxidation sites excluding steroid dienone is 1. The maximum atomic E-state index is 13.0. The number of hydrogen-bond acceptors (Lipinski definition) is 7. The lowest BCUT2D eigenvalue weighted by atomic mass is 9.91. The average Bonchev–Trinajstić information content (AvgIpc) is 3.50. The fraction of sp³-hybridized carbons (Fsp3) is 0.357. The number of anilines is 1. The molecule has 0 saturated carbocycles. The van der Waals surface area contributed by atoms with Crippen LogP contribution in [0.3, 0.4) is 0 Å². The monoisotopic (exact) mass is 541 g/mol. The molecule has 1 aromatic carbocycles. The SMILES string of the molecule is O=C1CC(=O)/C(=C/c2ccnc(N3CCC(CCCc4ccc(-c5cccc(C(F)(F)F)c5)o4)CC3)n2)S1. The van der Waals surface area contributed by atoms with Crippen molar-refractivity contribution in [3.8, 4) is 11.3 Å². The van der Waals surface area contributed by atoms with Crippen LogP contribution in [-0.2, 0) is 22.2 Å². The van der Waals surface area contributed by atoms with Crippen molar-refractivity contribution >= 4 is 34.7 Å². The van der Waals surface area contributed by atoms with E-state index >= 15 is 0 Å². The maximum absolute atomic E-state index is 13.0. The first-order chi connectivity index (χ1) is 18.2. The van der Waals surface area contributed by atoms with Gasteiger partial charge in [0.05, 0.1) is 22.6 Å². The van der Waals surface area contributed by atoms with Crippen molar-refractivity contribution in [3.05, 3.63) is 70.6 Å². The number of aryl methyl sites for hydroxylation is 1. The Balaban J connectivity index is 1.10. The number of alkyl halides is 3. The van der Waals surface area contributed by atoms with E-state index in [1.54, 1.807) is 30.5 Å². The van der Waals surface area contributed by atoms with Gasteiger partial charge in [0.2, 0.25) is 11.1 Å². The summed E-state index contributed by atoms with van der Waals surface area (Å²) in [5, 5.41) is -0.138. The molecular weight excluding hydrogens is 515 g/mol. The zero-order valence-corrected chi connectivity index (χ0v) is 21.4. The molecule has 2 saturated heterocycles. The minimum atomic E-state index is -4.38. The van der Waals surface area contributed by atoms with Crippen LogP contribution in [-0.4, -0.2) is 34.0 Å². The minimum absolute atomic E-state index is 0.0567. The first kappa shape index (κ1) is 26.2. The molecule has 0 unspecified atom stereocenters. The van der Waals surface area contributed by atoms with Gasteiger partial charge in [-0.3, -0.25) is 9.59 Å². The highest BCUT2D eigenvalue weighted by atomic mass is 32.2. The zero-order chi connectivity index (χ0) is 26.7. The number of Topliss-reactive ketones (excluding diaryl/α,β-unsaturated/α-hetero) is 1. The number of halogens is 3. The molecule has 0 N–H and O–H groups in total. The molecule has 6 nitrogen and oxygen atoms in total. The van der Waals surface area contributed by atoms with Crippen LogP contribution in [0, 0.1) is 5.92 Å². The number of carbonyl (C=O) groups excluding carboxylic acids is 2. The van der Waals surface area contributed by atoms with Crippen molar-refractivity contribution in [2.45, 2.75) is 44.7 Å². The largest absolute Gasteiger partial charge is 0.461 e. The third-order valence-corrected chi connectivity index (χ3v) is 7.75. The number of hydrogen-bond donors (Lipinski definition) is 0. The first-order valence-electron chi connectivity index (χ1n) is 12.5. The van der Waals surface area contributed by atoms with E-state index in [4.69, 9.17) is 4.42 Å². The second-order valence-electron chi connectivity index (χ2n) is 9.53. The lowest BCUT2D eigenvalue weighted by Gasteiger charge is -2.32. The third kappa shape index (κ3) is 6.35. The Hall–Kier alpha value is -3.40. The first-order valence-corrected chi connectivity index (χ1v) is 13.4. The number of thioether (sulfide) groups is 1. The topological polar surface area (TPSA) is 76.3 Å². The van der Waals surface area contributed by atoms with Crippen LogP contribution in [0.25, 0.3) is 17.4 Å². The quantitative estimate of drug-likeness (QED) is 0.247. The Bertz CT molecular complexity index is 1360. The molecule has 0 spiro atoms. The van der Waals surface area contributed by atoms with E-state index in [2.05, 4.69) is 14.9 Å². The molecule has 5 rings (SSSR count). The molecule has 2 fully saturated rings. The number of rotatable bonds is 7. The van der Waals surface area contributed by atoms with Gasteiger partial charge in [0.15, 0.2) is 5.78 Å². The molecule has 4 heterocycles. The highest BCUT2D eigenvalue weighted by Gasteiger charge is 2.31. The predicted molar refractivity (Wildman–Crippen MR) is 139 cm³/mol. The molecule has 0 amide bonds. The maximum Gasteiger partial charge on any atom is 0.416 e. The summed E-state index contributed by atoms with van der Waals surface area (Å²) < 4.78 is 44.8. The molecule has 0 aliphatic carbocycles. The third-order valence-electron chi connectivity index (χ3n) is 6.82. The number of carbonyl (C=O) groups is 2. The van der Waals surface area contributed by atoms with Gasteiger partial charge in [-0.2, -0.15) is 13.2 Å².